The van der Waals surface area contributed by atoms with Crippen molar-refractivity contribution >= 4 is 5.69 Å². The van der Waals surface area contributed by atoms with Crippen LogP contribution >= 0.6 is 0 Å². The van der Waals surface area contributed by atoms with Crippen molar-refractivity contribution in [1.29, 1.82) is 0 Å². The number of rotatable bonds is 3. The molecule has 1 nitrogen and oxygen atoms in total. The van der Waals surface area contributed by atoms with Crippen molar-refractivity contribution in [2.75, 3.05) is 19.0 Å². The molecule has 0 amide bonds. The standard InChI is InChI=1S/C8H11N.C6H14/c1-9(2)8-6-4-3-5-7-8;1-4-5-6(2)3/h3-7H,1-2H3;6H,4-5H2,1-3H3. The van der Waals surface area contributed by atoms with Crippen molar-refractivity contribution in [3.05, 3.63) is 30.3 Å². The number of nitrogens with zero attached hydrogens (tertiary/aromatic N) is 1. The molecule has 1 rings (SSSR count). The van der Waals surface area contributed by atoms with Gasteiger partial charge in [0.25, 0.3) is 0 Å². The van der Waals surface area contributed by atoms with Crippen molar-refractivity contribution in [2.24, 2.45) is 5.92 Å². The summed E-state index contributed by atoms with van der Waals surface area (Å²) in [6.45, 7) is 6.73. The third-order valence-corrected chi connectivity index (χ3v) is 2.14. The fraction of sp³-hybridized carbons (Fsp3) is 0.571. The Bertz CT molecular complexity index is 226. The van der Waals surface area contributed by atoms with Gasteiger partial charge in [-0.25, -0.2) is 0 Å². The molecule has 15 heavy (non-hydrogen) atoms. The van der Waals surface area contributed by atoms with Crippen LogP contribution in [0.1, 0.15) is 33.6 Å². The van der Waals surface area contributed by atoms with Crippen molar-refractivity contribution in [3.8, 4) is 0 Å². The molecular weight excluding hydrogens is 182 g/mol. The van der Waals surface area contributed by atoms with E-state index in [1.807, 2.05) is 32.3 Å². The molecule has 0 radical (unpaired) electrons. The van der Waals surface area contributed by atoms with Crippen LogP contribution in [-0.2, 0) is 0 Å². The molecule has 0 aliphatic heterocycles. The molecule has 0 atom stereocenters. The summed E-state index contributed by atoms with van der Waals surface area (Å²) < 4.78 is 0. The molecule has 0 aromatic heterocycles. The first-order valence-electron chi connectivity index (χ1n) is 5.80. The second-order valence-corrected chi connectivity index (χ2v) is 4.41. The van der Waals surface area contributed by atoms with Crippen LogP contribution in [0.3, 0.4) is 0 Å². The van der Waals surface area contributed by atoms with Gasteiger partial charge in [0.2, 0.25) is 0 Å². The second kappa shape index (κ2) is 8.34. The van der Waals surface area contributed by atoms with Crippen LogP contribution in [0.25, 0.3) is 0 Å². The SMILES string of the molecule is CCCC(C)C.CN(C)c1ccccc1. The molecule has 0 spiro atoms. The molecule has 0 heterocycles. The smallest absolute Gasteiger partial charge is 0.0360 e. The lowest BCUT2D eigenvalue weighted by Gasteiger charge is -2.10. The van der Waals surface area contributed by atoms with Crippen molar-refractivity contribution in [2.45, 2.75) is 33.6 Å². The molecule has 1 aromatic rings. The summed E-state index contributed by atoms with van der Waals surface area (Å²) in [5.74, 6) is 0.898. The molecule has 0 unspecified atom stereocenters. The zero-order valence-electron chi connectivity index (χ0n) is 10.8. The van der Waals surface area contributed by atoms with Gasteiger partial charge in [-0.1, -0.05) is 51.8 Å². The highest BCUT2D eigenvalue weighted by molar-refractivity contribution is 5.43. The Balaban J connectivity index is 0.000000288. The van der Waals surface area contributed by atoms with Gasteiger partial charge in [-0.05, 0) is 18.1 Å². The first-order chi connectivity index (χ1) is 7.07. The molecule has 0 aliphatic rings. The van der Waals surface area contributed by atoms with Crippen molar-refractivity contribution < 1.29 is 0 Å². The zero-order valence-corrected chi connectivity index (χ0v) is 10.8. The van der Waals surface area contributed by atoms with Crippen LogP contribution in [0.4, 0.5) is 5.69 Å². The highest BCUT2D eigenvalue weighted by atomic mass is 15.1. The Morgan fingerprint density at radius 3 is 1.80 bits per heavy atom. The average Bonchev–Trinajstić information content (AvgIpc) is 2.20. The third kappa shape index (κ3) is 8.04. The van der Waals surface area contributed by atoms with E-state index in [-0.39, 0.29) is 0 Å². The lowest BCUT2D eigenvalue weighted by molar-refractivity contribution is 0.576. The van der Waals surface area contributed by atoms with E-state index in [0.717, 1.165) is 5.92 Å². The third-order valence-electron chi connectivity index (χ3n) is 2.14. The summed E-state index contributed by atoms with van der Waals surface area (Å²) in [5.41, 5.74) is 1.25. The van der Waals surface area contributed by atoms with E-state index in [2.05, 4.69) is 37.8 Å². The molecule has 0 bridgehead atoms. The fourth-order valence-corrected chi connectivity index (χ4v) is 1.30. The minimum atomic E-state index is 0.898. The summed E-state index contributed by atoms with van der Waals surface area (Å²) in [6, 6.07) is 10.3. The van der Waals surface area contributed by atoms with E-state index >= 15 is 0 Å². The Labute approximate surface area is 95.1 Å². The zero-order chi connectivity index (χ0) is 11.7. The monoisotopic (exact) mass is 207 g/mol. The highest BCUT2D eigenvalue weighted by Crippen LogP contribution is 2.07. The molecule has 0 fully saturated rings. The lowest BCUT2D eigenvalue weighted by Crippen LogP contribution is -2.07. The normalized spacial score (nSPS) is 9.47. The molecule has 1 heteroatoms. The Hall–Kier alpha value is -0.980. The molecule has 1 aromatic carbocycles. The second-order valence-electron chi connectivity index (χ2n) is 4.41. The number of para-hydroxylation sites is 1. The van der Waals surface area contributed by atoms with Gasteiger partial charge in [-0.3, -0.25) is 0 Å². The number of hydrogen-bond acceptors (Lipinski definition) is 1. The molecule has 0 saturated carbocycles. The predicted molar refractivity (Wildman–Crippen MR) is 70.5 cm³/mol. The lowest BCUT2D eigenvalue weighted by atomic mass is 10.1. The number of anilines is 1. The van der Waals surface area contributed by atoms with Crippen LogP contribution < -0.4 is 4.90 Å². The molecule has 0 saturated heterocycles. The highest BCUT2D eigenvalue weighted by Gasteiger charge is 1.87. The summed E-state index contributed by atoms with van der Waals surface area (Å²) in [6.07, 6.45) is 2.71. The Kier molecular flexibility index (Phi) is 7.79. The van der Waals surface area contributed by atoms with Gasteiger partial charge >= 0.3 is 0 Å². The van der Waals surface area contributed by atoms with Crippen LogP contribution in [0.15, 0.2) is 30.3 Å². The minimum Gasteiger partial charge on any atom is -0.378 e. The first kappa shape index (κ1) is 14.0. The molecule has 0 aliphatic carbocycles. The van der Waals surface area contributed by atoms with Gasteiger partial charge in [0.05, 0.1) is 0 Å². The maximum atomic E-state index is 2.25. The van der Waals surface area contributed by atoms with Crippen molar-refractivity contribution in [3.63, 3.8) is 0 Å². The van der Waals surface area contributed by atoms with E-state index in [1.165, 1.54) is 18.5 Å². The quantitative estimate of drug-likeness (QED) is 0.718. The van der Waals surface area contributed by atoms with Crippen LogP contribution in [0.5, 0.6) is 0 Å². The van der Waals surface area contributed by atoms with Gasteiger partial charge < -0.3 is 4.90 Å². The van der Waals surface area contributed by atoms with E-state index in [4.69, 9.17) is 0 Å². The number of benzene rings is 1. The first-order valence-corrected chi connectivity index (χ1v) is 5.80. The summed E-state index contributed by atoms with van der Waals surface area (Å²) in [5, 5.41) is 0. The maximum absolute atomic E-state index is 2.25. The van der Waals surface area contributed by atoms with E-state index < -0.39 is 0 Å². The van der Waals surface area contributed by atoms with Gasteiger partial charge in [-0.15, -0.1) is 0 Å². The number of hydrogen-bond donors (Lipinski definition) is 0. The van der Waals surface area contributed by atoms with Gasteiger partial charge in [-0.2, -0.15) is 0 Å². The van der Waals surface area contributed by atoms with Crippen molar-refractivity contribution in [1.82, 2.24) is 0 Å². The topological polar surface area (TPSA) is 3.24 Å². The van der Waals surface area contributed by atoms with Crippen LogP contribution in [-0.4, -0.2) is 14.1 Å². The fourth-order valence-electron chi connectivity index (χ4n) is 1.30. The molecular formula is C14H25N. The Morgan fingerprint density at radius 1 is 1.07 bits per heavy atom. The summed E-state index contributed by atoms with van der Waals surface area (Å²) in [7, 11) is 4.07. The average molecular weight is 207 g/mol. The minimum absolute atomic E-state index is 0.898. The van der Waals surface area contributed by atoms with E-state index in [9.17, 15) is 0 Å². The van der Waals surface area contributed by atoms with Gasteiger partial charge in [0.1, 0.15) is 0 Å². The van der Waals surface area contributed by atoms with Crippen LogP contribution in [0.2, 0.25) is 0 Å². The van der Waals surface area contributed by atoms with Gasteiger partial charge in [0.15, 0.2) is 0 Å². The summed E-state index contributed by atoms with van der Waals surface area (Å²) >= 11 is 0. The van der Waals surface area contributed by atoms with E-state index in [1.54, 1.807) is 0 Å². The predicted octanol–water partition coefficient (Wildman–Crippen LogP) is 4.20. The maximum Gasteiger partial charge on any atom is 0.0360 e. The van der Waals surface area contributed by atoms with Crippen LogP contribution in [0, 0.1) is 5.92 Å². The summed E-state index contributed by atoms with van der Waals surface area (Å²) in [4.78, 5) is 2.08. The van der Waals surface area contributed by atoms with E-state index in [0.29, 0.717) is 0 Å². The molecule has 0 N–H and O–H groups in total. The largest absolute Gasteiger partial charge is 0.378 e. The molecule has 86 valence electrons. The van der Waals surface area contributed by atoms with Gasteiger partial charge in [0, 0.05) is 19.8 Å². The Morgan fingerprint density at radius 2 is 1.60 bits per heavy atom.